The van der Waals surface area contributed by atoms with Crippen LogP contribution in [0.3, 0.4) is 0 Å². The lowest BCUT2D eigenvalue weighted by Gasteiger charge is -2.20. The molecule has 0 bridgehead atoms. The van der Waals surface area contributed by atoms with Crippen molar-refractivity contribution in [2.45, 2.75) is 23.5 Å². The van der Waals surface area contributed by atoms with Gasteiger partial charge in [-0.15, -0.1) is 0 Å². The van der Waals surface area contributed by atoms with E-state index in [2.05, 4.69) is 0 Å². The summed E-state index contributed by atoms with van der Waals surface area (Å²) in [6.07, 6.45) is -1.31. The van der Waals surface area contributed by atoms with Crippen molar-refractivity contribution in [2.75, 3.05) is 6.54 Å². The van der Waals surface area contributed by atoms with Gasteiger partial charge in [-0.2, -0.15) is 9.57 Å². The quantitative estimate of drug-likeness (QED) is 0.804. The number of β-amino-alcohol motifs (C(OH)–C–C–N with tert-alkyl or cyclic N) is 1. The van der Waals surface area contributed by atoms with E-state index in [1.165, 1.54) is 6.07 Å². The second kappa shape index (κ2) is 5.40. The van der Waals surface area contributed by atoms with E-state index >= 15 is 0 Å². The van der Waals surface area contributed by atoms with E-state index in [1.54, 1.807) is 0 Å². The Bertz CT molecular complexity index is 728. The molecular weight excluding hydrogens is 303 g/mol. The highest BCUT2D eigenvalue weighted by atomic mass is 32.2. The van der Waals surface area contributed by atoms with Gasteiger partial charge in [0.2, 0.25) is 10.0 Å². The third-order valence-corrected chi connectivity index (χ3v) is 5.05. The van der Waals surface area contributed by atoms with E-state index in [4.69, 9.17) is 10.4 Å². The van der Waals surface area contributed by atoms with Crippen molar-refractivity contribution in [1.29, 1.82) is 5.26 Å². The summed E-state index contributed by atoms with van der Waals surface area (Å²) in [5.41, 5.74) is -0.456. The smallest absolute Gasteiger partial charge is 0.322 e. The fourth-order valence-corrected chi connectivity index (χ4v) is 3.82. The normalized spacial score (nSPS) is 22.9. The molecule has 0 aliphatic carbocycles. The minimum Gasteiger partial charge on any atom is -0.480 e. The maximum atomic E-state index is 13.2. The molecule has 0 unspecified atom stereocenters. The molecular formula is C12H11FN2O5S. The number of sulfonamides is 1. The molecule has 0 spiro atoms. The first-order chi connectivity index (χ1) is 9.77. The van der Waals surface area contributed by atoms with Crippen LogP contribution in [0.2, 0.25) is 0 Å². The summed E-state index contributed by atoms with van der Waals surface area (Å²) in [5.74, 6) is -2.24. The van der Waals surface area contributed by atoms with Gasteiger partial charge in [-0.3, -0.25) is 4.79 Å². The van der Waals surface area contributed by atoms with Gasteiger partial charge in [-0.1, -0.05) is 0 Å². The maximum Gasteiger partial charge on any atom is 0.322 e. The fourth-order valence-electron chi connectivity index (χ4n) is 2.16. The van der Waals surface area contributed by atoms with Crippen LogP contribution in [0.4, 0.5) is 4.39 Å². The maximum absolute atomic E-state index is 13.2. The van der Waals surface area contributed by atoms with Gasteiger partial charge in [0.05, 0.1) is 16.6 Å². The standard InChI is InChI=1S/C12H11FN2O5S/c13-10-2-1-9(3-7(10)5-14)21(19,20)15-6-8(16)4-11(15)12(17)18/h1-3,8,11,16H,4,6H2,(H,17,18)/t8-,11-/m1/s1. The monoisotopic (exact) mass is 314 g/mol. The Kier molecular flexibility index (Phi) is 3.95. The molecule has 21 heavy (non-hydrogen) atoms. The zero-order valence-corrected chi connectivity index (χ0v) is 11.4. The van der Waals surface area contributed by atoms with Crippen LogP contribution in [-0.4, -0.2) is 47.6 Å². The molecule has 1 aromatic carbocycles. The molecule has 9 heteroatoms. The number of carboxylic acids is 1. The SMILES string of the molecule is N#Cc1cc(S(=O)(=O)N2C[C@H](O)C[C@@H]2C(=O)O)ccc1F. The molecule has 2 rings (SSSR count). The summed E-state index contributed by atoms with van der Waals surface area (Å²) in [4.78, 5) is 10.7. The van der Waals surface area contributed by atoms with Crippen molar-refractivity contribution >= 4 is 16.0 Å². The highest BCUT2D eigenvalue weighted by molar-refractivity contribution is 7.89. The van der Waals surface area contributed by atoms with Crippen LogP contribution in [-0.2, 0) is 14.8 Å². The van der Waals surface area contributed by atoms with Crippen LogP contribution in [0.5, 0.6) is 0 Å². The molecule has 1 aliphatic rings. The number of hydrogen-bond donors (Lipinski definition) is 2. The van der Waals surface area contributed by atoms with Crippen LogP contribution in [0.25, 0.3) is 0 Å². The number of rotatable bonds is 3. The van der Waals surface area contributed by atoms with Gasteiger partial charge >= 0.3 is 5.97 Å². The molecule has 1 aromatic rings. The summed E-state index contributed by atoms with van der Waals surface area (Å²) >= 11 is 0. The van der Waals surface area contributed by atoms with Crippen molar-refractivity contribution in [1.82, 2.24) is 4.31 Å². The van der Waals surface area contributed by atoms with E-state index < -0.39 is 39.5 Å². The van der Waals surface area contributed by atoms with Crippen LogP contribution in [0.15, 0.2) is 23.1 Å². The fraction of sp³-hybridized carbons (Fsp3) is 0.333. The van der Waals surface area contributed by atoms with Gasteiger partial charge in [-0.05, 0) is 18.2 Å². The number of aliphatic hydroxyl groups excluding tert-OH is 1. The average Bonchev–Trinajstić information content (AvgIpc) is 2.82. The molecule has 0 aromatic heterocycles. The van der Waals surface area contributed by atoms with Gasteiger partial charge in [-0.25, -0.2) is 12.8 Å². The lowest BCUT2D eigenvalue weighted by atomic mass is 10.2. The molecule has 2 N–H and O–H groups in total. The Labute approximate surface area is 119 Å². The number of halogens is 1. The van der Waals surface area contributed by atoms with E-state index in [1.807, 2.05) is 0 Å². The number of hydrogen-bond acceptors (Lipinski definition) is 5. The van der Waals surface area contributed by atoms with Crippen LogP contribution >= 0.6 is 0 Å². The minimum atomic E-state index is -4.24. The molecule has 1 fully saturated rings. The lowest BCUT2D eigenvalue weighted by Crippen LogP contribution is -2.40. The lowest BCUT2D eigenvalue weighted by molar-refractivity contribution is -0.140. The molecule has 0 amide bonds. The van der Waals surface area contributed by atoms with E-state index in [9.17, 15) is 22.7 Å². The summed E-state index contributed by atoms with van der Waals surface area (Å²) in [5, 5.41) is 27.2. The zero-order valence-electron chi connectivity index (χ0n) is 10.6. The number of carboxylic acid groups (broad SMARTS) is 1. The molecule has 2 atom stereocenters. The number of nitriles is 1. The Morgan fingerprint density at radius 2 is 2.14 bits per heavy atom. The summed E-state index contributed by atoms with van der Waals surface area (Å²) < 4.78 is 38.7. The van der Waals surface area contributed by atoms with Crippen molar-refractivity contribution in [2.24, 2.45) is 0 Å². The minimum absolute atomic E-state index is 0.221. The summed E-state index contributed by atoms with van der Waals surface area (Å²) in [7, 11) is -4.24. The largest absolute Gasteiger partial charge is 0.480 e. The molecule has 0 radical (unpaired) electrons. The molecule has 1 saturated heterocycles. The van der Waals surface area contributed by atoms with Crippen LogP contribution < -0.4 is 0 Å². The Hall–Kier alpha value is -2.02. The van der Waals surface area contributed by atoms with Gasteiger partial charge in [0, 0.05) is 13.0 Å². The van der Waals surface area contributed by atoms with Crippen molar-refractivity contribution in [3.05, 3.63) is 29.6 Å². The molecule has 0 saturated carbocycles. The Morgan fingerprint density at radius 1 is 1.48 bits per heavy atom. The Balaban J connectivity index is 2.47. The molecule has 112 valence electrons. The topological polar surface area (TPSA) is 119 Å². The zero-order chi connectivity index (χ0) is 15.8. The number of benzene rings is 1. The van der Waals surface area contributed by atoms with Crippen molar-refractivity contribution < 1.29 is 27.8 Å². The van der Waals surface area contributed by atoms with Gasteiger partial charge in [0.15, 0.2) is 0 Å². The van der Waals surface area contributed by atoms with Crippen molar-refractivity contribution in [3.63, 3.8) is 0 Å². The number of nitrogens with zero attached hydrogens (tertiary/aromatic N) is 2. The highest BCUT2D eigenvalue weighted by Gasteiger charge is 2.43. The number of aliphatic hydroxyl groups is 1. The third-order valence-electron chi connectivity index (χ3n) is 3.18. The van der Waals surface area contributed by atoms with Crippen LogP contribution in [0, 0.1) is 17.1 Å². The Morgan fingerprint density at radius 3 is 2.71 bits per heavy atom. The van der Waals surface area contributed by atoms with E-state index in [0.29, 0.717) is 4.31 Å². The first-order valence-electron chi connectivity index (χ1n) is 5.89. The second-order valence-corrected chi connectivity index (χ2v) is 6.46. The molecule has 7 nitrogen and oxygen atoms in total. The van der Waals surface area contributed by atoms with Crippen molar-refractivity contribution in [3.8, 4) is 6.07 Å². The van der Waals surface area contributed by atoms with E-state index in [0.717, 1.165) is 18.2 Å². The molecule has 1 heterocycles. The van der Waals surface area contributed by atoms with Crippen LogP contribution in [0.1, 0.15) is 12.0 Å². The highest BCUT2D eigenvalue weighted by Crippen LogP contribution is 2.27. The molecule has 1 aliphatic heterocycles. The predicted octanol–water partition coefficient (Wildman–Crippen LogP) is -0.0941. The van der Waals surface area contributed by atoms with Gasteiger partial charge < -0.3 is 10.2 Å². The average molecular weight is 314 g/mol. The number of aliphatic carboxylic acids is 1. The predicted molar refractivity (Wildman–Crippen MR) is 67.1 cm³/mol. The first-order valence-corrected chi connectivity index (χ1v) is 7.33. The van der Waals surface area contributed by atoms with Gasteiger partial charge in [0.1, 0.15) is 17.9 Å². The number of carbonyl (C=O) groups is 1. The van der Waals surface area contributed by atoms with Gasteiger partial charge in [0.25, 0.3) is 0 Å². The van der Waals surface area contributed by atoms with E-state index in [-0.39, 0.29) is 17.9 Å². The summed E-state index contributed by atoms with van der Waals surface area (Å²) in [6, 6.07) is 2.75. The first kappa shape index (κ1) is 15.4. The summed E-state index contributed by atoms with van der Waals surface area (Å²) in [6.45, 7) is -0.363. The second-order valence-electron chi connectivity index (χ2n) is 4.57. The third kappa shape index (κ3) is 2.73.